The van der Waals surface area contributed by atoms with Gasteiger partial charge in [0.05, 0.1) is 7.11 Å². The van der Waals surface area contributed by atoms with Crippen LogP contribution in [-0.2, 0) is 9.59 Å². The molecular weight excluding hydrogens is 310 g/mol. The second kappa shape index (κ2) is 7.73. The Morgan fingerprint density at radius 1 is 0.958 bits per heavy atom. The molecule has 6 heteroatoms. The average molecular weight is 326 g/mol. The summed E-state index contributed by atoms with van der Waals surface area (Å²) in [5.74, 6) is -2.31. The van der Waals surface area contributed by atoms with Crippen molar-refractivity contribution in [1.29, 1.82) is 0 Å². The molecule has 6 nitrogen and oxygen atoms in total. The lowest BCUT2D eigenvalue weighted by Gasteiger charge is -2.04. The highest BCUT2D eigenvalue weighted by atomic mass is 16.5. The molecule has 0 spiro atoms. The molecule has 0 bridgehead atoms. The molecule has 0 aliphatic heterocycles. The SMILES string of the molecule is COc1ccc(C(=CC=C(C(=O)O)C(=O)O)[n+]2ccccc2)cc1. The molecule has 1 aromatic carbocycles. The van der Waals surface area contributed by atoms with Gasteiger partial charge >= 0.3 is 11.9 Å². The van der Waals surface area contributed by atoms with Gasteiger partial charge in [-0.25, -0.2) is 9.59 Å². The number of rotatable bonds is 6. The molecule has 2 rings (SSSR count). The molecule has 0 unspecified atom stereocenters. The zero-order valence-corrected chi connectivity index (χ0v) is 12.9. The van der Waals surface area contributed by atoms with Crippen LogP contribution in [0, 0.1) is 0 Å². The van der Waals surface area contributed by atoms with E-state index < -0.39 is 17.5 Å². The van der Waals surface area contributed by atoms with Gasteiger partial charge in [0.25, 0.3) is 0 Å². The van der Waals surface area contributed by atoms with E-state index in [1.54, 1.807) is 48.3 Å². The van der Waals surface area contributed by atoms with Gasteiger partial charge in [0.15, 0.2) is 12.4 Å². The van der Waals surface area contributed by atoms with E-state index in [4.69, 9.17) is 14.9 Å². The van der Waals surface area contributed by atoms with Gasteiger partial charge in [-0.3, -0.25) is 0 Å². The monoisotopic (exact) mass is 326 g/mol. The first kappa shape index (κ1) is 17.0. The van der Waals surface area contributed by atoms with Gasteiger partial charge in [0.2, 0.25) is 5.70 Å². The molecule has 2 aromatic rings. The number of carboxylic acid groups (broad SMARTS) is 2. The van der Waals surface area contributed by atoms with Crippen LogP contribution in [0.2, 0.25) is 0 Å². The van der Waals surface area contributed by atoms with Crippen LogP contribution in [0.3, 0.4) is 0 Å². The van der Waals surface area contributed by atoms with Gasteiger partial charge in [-0.15, -0.1) is 0 Å². The Morgan fingerprint density at radius 3 is 2.04 bits per heavy atom. The summed E-state index contributed by atoms with van der Waals surface area (Å²) in [7, 11) is 1.56. The summed E-state index contributed by atoms with van der Waals surface area (Å²) in [5.41, 5.74) is 0.689. The molecule has 2 N–H and O–H groups in total. The minimum Gasteiger partial charge on any atom is -0.497 e. The lowest BCUT2D eigenvalue weighted by Crippen LogP contribution is -2.31. The summed E-state index contributed by atoms with van der Waals surface area (Å²) < 4.78 is 6.89. The van der Waals surface area contributed by atoms with Crippen molar-refractivity contribution in [1.82, 2.24) is 0 Å². The number of hydrogen-bond acceptors (Lipinski definition) is 3. The van der Waals surface area contributed by atoms with Crippen LogP contribution >= 0.6 is 0 Å². The predicted molar refractivity (Wildman–Crippen MR) is 86.4 cm³/mol. The van der Waals surface area contributed by atoms with Crippen molar-refractivity contribution in [2.24, 2.45) is 0 Å². The Morgan fingerprint density at radius 2 is 1.54 bits per heavy atom. The van der Waals surface area contributed by atoms with E-state index in [2.05, 4.69) is 0 Å². The number of pyridine rings is 1. The third-order valence-electron chi connectivity index (χ3n) is 3.25. The minimum absolute atomic E-state index is 0.623. The zero-order chi connectivity index (χ0) is 17.5. The molecule has 0 atom stereocenters. The molecule has 0 saturated heterocycles. The van der Waals surface area contributed by atoms with Gasteiger partial charge in [-0.1, -0.05) is 6.07 Å². The van der Waals surface area contributed by atoms with E-state index in [0.29, 0.717) is 11.4 Å². The first-order chi connectivity index (χ1) is 11.5. The number of ether oxygens (including phenoxy) is 1. The maximum atomic E-state index is 11.0. The largest absolute Gasteiger partial charge is 0.497 e. The van der Waals surface area contributed by atoms with Crippen molar-refractivity contribution < 1.29 is 29.1 Å². The van der Waals surface area contributed by atoms with E-state index in [0.717, 1.165) is 11.6 Å². The number of allylic oxidation sites excluding steroid dienone is 2. The fourth-order valence-corrected chi connectivity index (χ4v) is 2.05. The van der Waals surface area contributed by atoms with Gasteiger partial charge in [0.1, 0.15) is 11.3 Å². The molecule has 122 valence electrons. The molecule has 0 saturated carbocycles. The molecule has 0 radical (unpaired) electrons. The number of aromatic nitrogens is 1. The highest BCUT2D eigenvalue weighted by molar-refractivity contribution is 6.12. The van der Waals surface area contributed by atoms with Crippen molar-refractivity contribution in [3.8, 4) is 5.75 Å². The standard InChI is InChI=1S/C18H15NO5/c1-24-14-7-5-13(6-8-14)16(19-11-3-2-4-12-19)10-9-15(17(20)21)18(22)23/h2-12H,1H3,(H-,20,21,22,23)/p+1. The number of carboxylic acids is 2. The highest BCUT2D eigenvalue weighted by Crippen LogP contribution is 2.17. The average Bonchev–Trinajstić information content (AvgIpc) is 2.59. The number of hydrogen-bond donors (Lipinski definition) is 2. The lowest BCUT2D eigenvalue weighted by molar-refractivity contribution is -0.579. The Balaban J connectivity index is 2.54. The minimum atomic E-state index is -1.49. The third-order valence-corrected chi connectivity index (χ3v) is 3.25. The van der Waals surface area contributed by atoms with Crippen molar-refractivity contribution in [3.05, 3.63) is 78.1 Å². The second-order valence-corrected chi connectivity index (χ2v) is 4.75. The fourth-order valence-electron chi connectivity index (χ4n) is 2.05. The van der Waals surface area contributed by atoms with Crippen molar-refractivity contribution in [2.75, 3.05) is 7.11 Å². The van der Waals surface area contributed by atoms with E-state index in [1.807, 2.05) is 18.2 Å². The van der Waals surface area contributed by atoms with E-state index in [-0.39, 0.29) is 0 Å². The van der Waals surface area contributed by atoms with E-state index in [1.165, 1.54) is 6.08 Å². The Bertz CT molecular complexity index is 776. The van der Waals surface area contributed by atoms with Gasteiger partial charge in [-0.2, -0.15) is 4.57 Å². The van der Waals surface area contributed by atoms with Crippen LogP contribution in [-0.4, -0.2) is 29.3 Å². The quantitative estimate of drug-likeness (QED) is 0.279. The molecule has 1 aromatic heterocycles. The summed E-state index contributed by atoms with van der Waals surface area (Å²) in [4.78, 5) is 22.0. The third kappa shape index (κ3) is 4.07. The van der Waals surface area contributed by atoms with Crippen molar-refractivity contribution >= 4 is 17.6 Å². The number of nitrogens with zero attached hydrogens (tertiary/aromatic N) is 1. The number of carbonyl (C=O) groups is 2. The highest BCUT2D eigenvalue weighted by Gasteiger charge is 2.17. The first-order valence-electron chi connectivity index (χ1n) is 7.02. The van der Waals surface area contributed by atoms with Crippen LogP contribution in [0.4, 0.5) is 0 Å². The topological polar surface area (TPSA) is 87.7 Å². The molecular formula is C18H16NO5+. The first-order valence-corrected chi connectivity index (χ1v) is 7.02. The molecule has 0 aliphatic rings. The maximum Gasteiger partial charge on any atom is 0.343 e. The maximum absolute atomic E-state index is 11.0. The van der Waals surface area contributed by atoms with Crippen LogP contribution < -0.4 is 9.30 Å². The summed E-state index contributed by atoms with van der Waals surface area (Å²) in [6, 6.07) is 12.6. The molecule has 1 heterocycles. The molecule has 0 fully saturated rings. The molecule has 0 aliphatic carbocycles. The Kier molecular flexibility index (Phi) is 5.46. The fraction of sp³-hybridized carbons (Fsp3) is 0.0556. The van der Waals surface area contributed by atoms with Crippen molar-refractivity contribution in [2.45, 2.75) is 0 Å². The Labute approximate surface area is 138 Å². The zero-order valence-electron chi connectivity index (χ0n) is 12.9. The second-order valence-electron chi connectivity index (χ2n) is 4.75. The summed E-state index contributed by atoms with van der Waals surface area (Å²) >= 11 is 0. The number of methoxy groups -OCH3 is 1. The summed E-state index contributed by atoms with van der Waals surface area (Å²) in [5, 5.41) is 17.9. The van der Waals surface area contributed by atoms with E-state index in [9.17, 15) is 9.59 Å². The molecule has 24 heavy (non-hydrogen) atoms. The van der Waals surface area contributed by atoms with Crippen LogP contribution in [0.1, 0.15) is 5.56 Å². The van der Waals surface area contributed by atoms with Gasteiger partial charge in [-0.05, 0) is 30.3 Å². The van der Waals surface area contributed by atoms with Crippen LogP contribution in [0.25, 0.3) is 5.70 Å². The summed E-state index contributed by atoms with van der Waals surface area (Å²) in [6.07, 6.45) is 6.10. The van der Waals surface area contributed by atoms with Crippen molar-refractivity contribution in [3.63, 3.8) is 0 Å². The Hall–Kier alpha value is -3.41. The predicted octanol–water partition coefficient (Wildman–Crippen LogP) is 1.97. The molecule has 0 amide bonds. The number of aliphatic carboxylic acids is 2. The summed E-state index contributed by atoms with van der Waals surface area (Å²) in [6.45, 7) is 0. The lowest BCUT2D eigenvalue weighted by atomic mass is 10.1. The smallest absolute Gasteiger partial charge is 0.343 e. The normalized spacial score (nSPS) is 10.8. The van der Waals surface area contributed by atoms with Crippen LogP contribution in [0.5, 0.6) is 5.75 Å². The van der Waals surface area contributed by atoms with Crippen LogP contribution in [0.15, 0.2) is 72.6 Å². The van der Waals surface area contributed by atoms with E-state index >= 15 is 0 Å². The number of benzene rings is 1. The van der Waals surface area contributed by atoms with Gasteiger partial charge in [0, 0.05) is 23.8 Å². The van der Waals surface area contributed by atoms with Gasteiger partial charge < -0.3 is 14.9 Å².